The fraction of sp³-hybridized carbons (Fsp3) is 0.261. The highest BCUT2D eigenvalue weighted by molar-refractivity contribution is 6.30. The zero-order valence-corrected chi connectivity index (χ0v) is 17.5. The Kier molecular flexibility index (Phi) is 5.96. The van der Waals surface area contributed by atoms with Gasteiger partial charge in [0.1, 0.15) is 11.6 Å². The maximum atomic E-state index is 13.2. The zero-order valence-electron chi connectivity index (χ0n) is 16.7. The summed E-state index contributed by atoms with van der Waals surface area (Å²) in [6.45, 7) is 6.05. The maximum absolute atomic E-state index is 13.2. The van der Waals surface area contributed by atoms with Gasteiger partial charge in [-0.2, -0.15) is 10.4 Å². The van der Waals surface area contributed by atoms with Gasteiger partial charge in [-0.05, 0) is 31.2 Å². The Morgan fingerprint density at radius 2 is 1.80 bits per heavy atom. The largest absolute Gasteiger partial charge is 0.314 e. The fourth-order valence-electron chi connectivity index (χ4n) is 3.59. The molecule has 0 atom stereocenters. The van der Waals surface area contributed by atoms with E-state index in [0.29, 0.717) is 22.7 Å². The van der Waals surface area contributed by atoms with E-state index in [9.17, 15) is 10.1 Å². The average molecular weight is 420 g/mol. The second-order valence-electron chi connectivity index (χ2n) is 7.39. The number of nitrogens with one attached hydrogen (secondary N) is 1. The summed E-state index contributed by atoms with van der Waals surface area (Å²) in [5.74, 6) is -0.249. The second kappa shape index (κ2) is 8.80. The van der Waals surface area contributed by atoms with E-state index in [0.717, 1.165) is 43.1 Å². The molecule has 3 aromatic rings. The van der Waals surface area contributed by atoms with E-state index >= 15 is 0 Å². The molecule has 6 nitrogen and oxygen atoms in total. The van der Waals surface area contributed by atoms with Crippen molar-refractivity contribution in [2.75, 3.05) is 26.2 Å². The molecule has 1 aliphatic rings. The molecule has 0 amide bonds. The van der Waals surface area contributed by atoms with Crippen molar-refractivity contribution in [1.29, 1.82) is 5.26 Å². The number of aromatic nitrogens is 2. The molecule has 1 saturated heterocycles. The van der Waals surface area contributed by atoms with Crippen LogP contribution in [0.3, 0.4) is 0 Å². The SMILES string of the molecule is Cc1ccc(C(=O)c2nn(-c3ccc(Cl)cc3)c(CN3CCNCC3)c2C#N)cc1. The van der Waals surface area contributed by atoms with E-state index in [2.05, 4.69) is 21.4 Å². The molecule has 1 fully saturated rings. The van der Waals surface area contributed by atoms with Crippen LogP contribution in [0.25, 0.3) is 5.69 Å². The van der Waals surface area contributed by atoms with Gasteiger partial charge in [-0.1, -0.05) is 41.4 Å². The van der Waals surface area contributed by atoms with Gasteiger partial charge in [0.25, 0.3) is 0 Å². The summed E-state index contributed by atoms with van der Waals surface area (Å²) in [5, 5.41) is 18.5. The normalized spacial score (nSPS) is 14.4. The van der Waals surface area contributed by atoms with E-state index in [1.165, 1.54) is 0 Å². The number of carbonyl (C=O) groups excluding carboxylic acids is 1. The minimum atomic E-state index is -0.249. The number of aryl methyl sites for hydroxylation is 1. The summed E-state index contributed by atoms with van der Waals surface area (Å²) in [4.78, 5) is 15.5. The van der Waals surface area contributed by atoms with Crippen LogP contribution in [0.4, 0.5) is 0 Å². The van der Waals surface area contributed by atoms with Crippen LogP contribution < -0.4 is 5.32 Å². The lowest BCUT2D eigenvalue weighted by Crippen LogP contribution is -2.43. The number of carbonyl (C=O) groups is 1. The topological polar surface area (TPSA) is 74.0 Å². The Bertz CT molecular complexity index is 1090. The summed E-state index contributed by atoms with van der Waals surface area (Å²) in [7, 11) is 0. The predicted molar refractivity (Wildman–Crippen MR) is 116 cm³/mol. The van der Waals surface area contributed by atoms with Crippen LogP contribution in [-0.2, 0) is 6.54 Å². The van der Waals surface area contributed by atoms with Crippen molar-refractivity contribution < 1.29 is 4.79 Å². The van der Waals surface area contributed by atoms with Gasteiger partial charge in [0, 0.05) is 43.3 Å². The van der Waals surface area contributed by atoms with Crippen LogP contribution in [-0.4, -0.2) is 46.6 Å². The maximum Gasteiger partial charge on any atom is 0.214 e. The second-order valence-corrected chi connectivity index (χ2v) is 7.83. The number of halogens is 1. The molecule has 0 bridgehead atoms. The standard InChI is InChI=1S/C23H22ClN5O/c1-16-2-4-17(5-3-16)23(30)22-20(14-25)21(15-28-12-10-26-11-13-28)29(27-22)19-8-6-18(24)7-9-19/h2-9,26H,10-13,15H2,1H3. The molecule has 0 radical (unpaired) electrons. The first kappa shape index (κ1) is 20.3. The molecule has 152 valence electrons. The van der Waals surface area contributed by atoms with Crippen molar-refractivity contribution in [3.05, 3.63) is 81.6 Å². The van der Waals surface area contributed by atoms with Gasteiger partial charge in [-0.25, -0.2) is 4.68 Å². The molecule has 0 unspecified atom stereocenters. The van der Waals surface area contributed by atoms with Gasteiger partial charge in [0.2, 0.25) is 5.78 Å². The number of nitriles is 1. The van der Waals surface area contributed by atoms with Gasteiger partial charge in [0.05, 0.1) is 11.4 Å². The number of hydrogen-bond donors (Lipinski definition) is 1. The molecular weight excluding hydrogens is 398 g/mol. The quantitative estimate of drug-likeness (QED) is 0.642. The molecule has 4 rings (SSSR count). The summed E-state index contributed by atoms with van der Waals surface area (Å²) in [6.07, 6.45) is 0. The number of rotatable bonds is 5. The lowest BCUT2D eigenvalue weighted by molar-refractivity contribution is 0.103. The first-order valence-corrected chi connectivity index (χ1v) is 10.3. The third-order valence-electron chi connectivity index (χ3n) is 5.28. The van der Waals surface area contributed by atoms with Crippen molar-refractivity contribution in [1.82, 2.24) is 20.0 Å². The van der Waals surface area contributed by atoms with Gasteiger partial charge < -0.3 is 5.32 Å². The monoisotopic (exact) mass is 419 g/mol. The Labute approximate surface area is 180 Å². The highest BCUT2D eigenvalue weighted by atomic mass is 35.5. The minimum Gasteiger partial charge on any atom is -0.314 e. The molecule has 0 saturated carbocycles. The van der Waals surface area contributed by atoms with Gasteiger partial charge in [-0.15, -0.1) is 0 Å². The Hall–Kier alpha value is -2.98. The molecule has 30 heavy (non-hydrogen) atoms. The molecule has 2 aromatic carbocycles. The van der Waals surface area contributed by atoms with E-state index in [-0.39, 0.29) is 11.5 Å². The van der Waals surface area contributed by atoms with Gasteiger partial charge >= 0.3 is 0 Å². The van der Waals surface area contributed by atoms with Crippen molar-refractivity contribution in [3.63, 3.8) is 0 Å². The van der Waals surface area contributed by atoms with Crippen LogP contribution in [0.5, 0.6) is 0 Å². The van der Waals surface area contributed by atoms with Crippen LogP contribution in [0.1, 0.15) is 32.9 Å². The van der Waals surface area contributed by atoms with Crippen molar-refractivity contribution in [2.24, 2.45) is 0 Å². The van der Waals surface area contributed by atoms with E-state index in [4.69, 9.17) is 11.6 Å². The lowest BCUT2D eigenvalue weighted by Gasteiger charge is -2.27. The Morgan fingerprint density at radius 1 is 1.13 bits per heavy atom. The molecule has 7 heteroatoms. The Morgan fingerprint density at radius 3 is 2.43 bits per heavy atom. The number of benzene rings is 2. The molecule has 0 spiro atoms. The number of piperazine rings is 1. The first-order chi connectivity index (χ1) is 14.6. The first-order valence-electron chi connectivity index (χ1n) is 9.89. The van der Waals surface area contributed by atoms with E-state index in [1.807, 2.05) is 31.2 Å². The smallest absolute Gasteiger partial charge is 0.214 e. The lowest BCUT2D eigenvalue weighted by atomic mass is 10.0. The molecule has 1 N–H and O–H groups in total. The summed E-state index contributed by atoms with van der Waals surface area (Å²) < 4.78 is 1.71. The number of ketones is 1. The summed E-state index contributed by atoms with van der Waals surface area (Å²) in [6, 6.07) is 16.8. The van der Waals surface area contributed by atoms with Crippen molar-refractivity contribution in [3.8, 4) is 11.8 Å². The molecule has 1 aromatic heterocycles. The molecule has 2 heterocycles. The highest BCUT2D eigenvalue weighted by Crippen LogP contribution is 2.24. The highest BCUT2D eigenvalue weighted by Gasteiger charge is 2.26. The van der Waals surface area contributed by atoms with E-state index < -0.39 is 0 Å². The van der Waals surface area contributed by atoms with Crippen LogP contribution >= 0.6 is 11.6 Å². The van der Waals surface area contributed by atoms with Gasteiger partial charge in [-0.3, -0.25) is 9.69 Å². The summed E-state index contributed by atoms with van der Waals surface area (Å²) >= 11 is 6.05. The third kappa shape index (κ3) is 4.14. The fourth-order valence-corrected chi connectivity index (χ4v) is 3.72. The number of hydrogen-bond acceptors (Lipinski definition) is 5. The molecular formula is C23H22ClN5O. The van der Waals surface area contributed by atoms with Crippen molar-refractivity contribution >= 4 is 17.4 Å². The predicted octanol–water partition coefficient (Wildman–Crippen LogP) is 3.34. The van der Waals surface area contributed by atoms with Crippen LogP contribution in [0.15, 0.2) is 48.5 Å². The Balaban J connectivity index is 1.81. The zero-order chi connectivity index (χ0) is 21.1. The number of nitrogens with zero attached hydrogens (tertiary/aromatic N) is 4. The molecule has 1 aliphatic heterocycles. The summed E-state index contributed by atoms with van der Waals surface area (Å²) in [5.41, 5.74) is 3.58. The van der Waals surface area contributed by atoms with Crippen LogP contribution in [0.2, 0.25) is 5.02 Å². The molecule has 0 aliphatic carbocycles. The third-order valence-corrected chi connectivity index (χ3v) is 5.53. The average Bonchev–Trinajstić information content (AvgIpc) is 3.13. The van der Waals surface area contributed by atoms with Crippen molar-refractivity contribution in [2.45, 2.75) is 13.5 Å². The minimum absolute atomic E-state index is 0.182. The van der Waals surface area contributed by atoms with Gasteiger partial charge in [0.15, 0.2) is 5.69 Å². The van der Waals surface area contributed by atoms with Crippen LogP contribution in [0, 0.1) is 18.3 Å². The van der Waals surface area contributed by atoms with E-state index in [1.54, 1.807) is 28.9 Å².